The topological polar surface area (TPSA) is 56.6 Å². The van der Waals surface area contributed by atoms with Crippen molar-refractivity contribution in [2.45, 2.75) is 13.8 Å². The highest BCUT2D eigenvalue weighted by molar-refractivity contribution is 7.12. The summed E-state index contributed by atoms with van der Waals surface area (Å²) in [5.41, 5.74) is 2.55. The fourth-order valence-electron chi connectivity index (χ4n) is 2.60. The van der Waals surface area contributed by atoms with Crippen LogP contribution in [0.25, 0.3) is 22.4 Å². The summed E-state index contributed by atoms with van der Waals surface area (Å²) in [6.45, 7) is 3.98. The van der Waals surface area contributed by atoms with Crippen LogP contribution in [0.1, 0.15) is 15.3 Å². The average molecular weight is 375 g/mol. The van der Waals surface area contributed by atoms with Crippen LogP contribution in [0.3, 0.4) is 0 Å². The molecule has 0 aliphatic heterocycles. The number of pyridine rings is 1. The standard InChI is InChI=1S/C18H12Cl2N2OS/c1-9-5-12(10(2)24-9)13-7-17(22-18(23)14(13)8-21)11-3-4-15(19)16(20)6-11/h3-7H,1-2H3,(H,22,23). The van der Waals surface area contributed by atoms with Gasteiger partial charge in [0.1, 0.15) is 11.6 Å². The van der Waals surface area contributed by atoms with E-state index in [-0.39, 0.29) is 5.56 Å². The maximum atomic E-state index is 12.4. The van der Waals surface area contributed by atoms with Gasteiger partial charge in [-0.2, -0.15) is 5.26 Å². The van der Waals surface area contributed by atoms with Crippen LogP contribution in [0.2, 0.25) is 10.0 Å². The number of nitriles is 1. The maximum absolute atomic E-state index is 12.4. The van der Waals surface area contributed by atoms with E-state index in [0.717, 1.165) is 20.9 Å². The van der Waals surface area contributed by atoms with Crippen molar-refractivity contribution < 1.29 is 0 Å². The van der Waals surface area contributed by atoms with Gasteiger partial charge in [-0.05, 0) is 49.2 Å². The van der Waals surface area contributed by atoms with Gasteiger partial charge in [0.15, 0.2) is 0 Å². The van der Waals surface area contributed by atoms with Crippen LogP contribution in [0.5, 0.6) is 0 Å². The minimum Gasteiger partial charge on any atom is -0.321 e. The molecule has 24 heavy (non-hydrogen) atoms. The lowest BCUT2D eigenvalue weighted by molar-refractivity contribution is 1.22. The van der Waals surface area contributed by atoms with Crippen molar-refractivity contribution >= 4 is 34.5 Å². The first-order chi connectivity index (χ1) is 11.4. The van der Waals surface area contributed by atoms with Crippen molar-refractivity contribution in [1.29, 1.82) is 5.26 Å². The highest BCUT2D eigenvalue weighted by Gasteiger charge is 2.16. The minimum absolute atomic E-state index is 0.111. The van der Waals surface area contributed by atoms with E-state index in [0.29, 0.717) is 21.3 Å². The molecule has 0 unspecified atom stereocenters. The van der Waals surface area contributed by atoms with Gasteiger partial charge in [0.05, 0.1) is 10.0 Å². The summed E-state index contributed by atoms with van der Waals surface area (Å²) in [6, 6.07) is 11.0. The third-order valence-electron chi connectivity index (χ3n) is 3.71. The van der Waals surface area contributed by atoms with E-state index in [1.165, 1.54) is 0 Å². The van der Waals surface area contributed by atoms with E-state index in [1.54, 1.807) is 29.5 Å². The fourth-order valence-corrected chi connectivity index (χ4v) is 3.84. The number of aromatic amines is 1. The van der Waals surface area contributed by atoms with Crippen molar-refractivity contribution in [2.24, 2.45) is 0 Å². The summed E-state index contributed by atoms with van der Waals surface area (Å²) in [4.78, 5) is 17.3. The number of aromatic nitrogens is 1. The Morgan fingerprint density at radius 3 is 2.42 bits per heavy atom. The molecule has 3 rings (SSSR count). The van der Waals surface area contributed by atoms with E-state index in [2.05, 4.69) is 4.98 Å². The predicted molar refractivity (Wildman–Crippen MR) is 100 cm³/mol. The lowest BCUT2D eigenvalue weighted by Crippen LogP contribution is -2.12. The molecule has 0 amide bonds. The molecule has 0 spiro atoms. The second kappa shape index (κ2) is 6.45. The first kappa shape index (κ1) is 16.8. The Balaban J connectivity index is 2.28. The fraction of sp³-hybridized carbons (Fsp3) is 0.111. The zero-order chi connectivity index (χ0) is 17.4. The molecule has 2 heterocycles. The summed E-state index contributed by atoms with van der Waals surface area (Å²) in [7, 11) is 0. The quantitative estimate of drug-likeness (QED) is 0.637. The van der Waals surface area contributed by atoms with E-state index >= 15 is 0 Å². The molecule has 3 nitrogen and oxygen atoms in total. The Hall–Kier alpha value is -2.06. The molecule has 0 saturated heterocycles. The number of nitrogens with one attached hydrogen (secondary N) is 1. The highest BCUT2D eigenvalue weighted by atomic mass is 35.5. The molecule has 0 saturated carbocycles. The third kappa shape index (κ3) is 2.99. The van der Waals surface area contributed by atoms with Crippen LogP contribution in [0.15, 0.2) is 35.1 Å². The van der Waals surface area contributed by atoms with Gasteiger partial charge in [0.25, 0.3) is 5.56 Å². The molecule has 3 aromatic rings. The second-order valence-corrected chi connectivity index (χ2v) is 7.64. The molecule has 0 bridgehead atoms. The number of aryl methyl sites for hydroxylation is 2. The molecule has 0 aliphatic carbocycles. The molecule has 1 aromatic carbocycles. The first-order valence-corrected chi connectivity index (χ1v) is 8.68. The zero-order valence-corrected chi connectivity index (χ0v) is 15.2. The molecule has 0 fully saturated rings. The molecule has 0 radical (unpaired) electrons. The predicted octanol–water partition coefficient (Wildman–Crippen LogP) is 5.57. The molecule has 0 atom stereocenters. The summed E-state index contributed by atoms with van der Waals surface area (Å²) in [6.07, 6.45) is 0. The Bertz CT molecular complexity index is 1040. The number of rotatable bonds is 2. The summed E-state index contributed by atoms with van der Waals surface area (Å²) in [5, 5.41) is 10.2. The normalized spacial score (nSPS) is 10.6. The maximum Gasteiger partial charge on any atom is 0.266 e. The van der Waals surface area contributed by atoms with Crippen LogP contribution >= 0.6 is 34.5 Å². The van der Waals surface area contributed by atoms with Crippen LogP contribution in [-0.2, 0) is 0 Å². The first-order valence-electron chi connectivity index (χ1n) is 7.11. The number of thiophene rings is 1. The number of H-pyrrole nitrogens is 1. The monoisotopic (exact) mass is 374 g/mol. The van der Waals surface area contributed by atoms with Gasteiger partial charge in [0, 0.05) is 21.0 Å². The van der Waals surface area contributed by atoms with Gasteiger partial charge in [-0.25, -0.2) is 0 Å². The van der Waals surface area contributed by atoms with Crippen LogP contribution in [0.4, 0.5) is 0 Å². The largest absolute Gasteiger partial charge is 0.321 e. The van der Waals surface area contributed by atoms with Crippen LogP contribution in [-0.4, -0.2) is 4.98 Å². The van der Waals surface area contributed by atoms with Gasteiger partial charge >= 0.3 is 0 Å². The van der Waals surface area contributed by atoms with Gasteiger partial charge in [-0.15, -0.1) is 11.3 Å². The highest BCUT2D eigenvalue weighted by Crippen LogP contribution is 2.34. The molecule has 0 aliphatic rings. The Morgan fingerprint density at radius 2 is 1.83 bits per heavy atom. The number of halogens is 2. The van der Waals surface area contributed by atoms with E-state index in [1.807, 2.05) is 32.0 Å². The Morgan fingerprint density at radius 1 is 1.08 bits per heavy atom. The van der Waals surface area contributed by atoms with Gasteiger partial charge in [-0.3, -0.25) is 4.79 Å². The lowest BCUT2D eigenvalue weighted by Gasteiger charge is -2.08. The van der Waals surface area contributed by atoms with E-state index in [4.69, 9.17) is 23.2 Å². The molecular weight excluding hydrogens is 363 g/mol. The third-order valence-corrected chi connectivity index (χ3v) is 5.41. The molecule has 6 heteroatoms. The van der Waals surface area contributed by atoms with Crippen LogP contribution < -0.4 is 5.56 Å². The molecular formula is C18H12Cl2N2OS. The Labute approximate surface area is 153 Å². The smallest absolute Gasteiger partial charge is 0.266 e. The van der Waals surface area contributed by atoms with Crippen molar-refractivity contribution in [3.8, 4) is 28.5 Å². The molecule has 1 N–H and O–H groups in total. The van der Waals surface area contributed by atoms with Crippen molar-refractivity contribution in [2.75, 3.05) is 0 Å². The van der Waals surface area contributed by atoms with Gasteiger partial charge in [0.2, 0.25) is 0 Å². The lowest BCUT2D eigenvalue weighted by atomic mass is 9.99. The minimum atomic E-state index is -0.417. The van der Waals surface area contributed by atoms with Gasteiger partial charge < -0.3 is 4.98 Å². The summed E-state index contributed by atoms with van der Waals surface area (Å²) in [5.74, 6) is 0. The van der Waals surface area contributed by atoms with E-state index < -0.39 is 5.56 Å². The second-order valence-electron chi connectivity index (χ2n) is 5.37. The average Bonchev–Trinajstić information content (AvgIpc) is 2.87. The van der Waals surface area contributed by atoms with Crippen LogP contribution in [0, 0.1) is 25.2 Å². The van der Waals surface area contributed by atoms with Crippen molar-refractivity contribution in [3.05, 3.63) is 66.0 Å². The molecule has 2 aromatic heterocycles. The number of hydrogen-bond acceptors (Lipinski definition) is 3. The Kier molecular flexibility index (Phi) is 4.51. The number of hydrogen-bond donors (Lipinski definition) is 1. The molecule has 120 valence electrons. The number of nitrogens with zero attached hydrogens (tertiary/aromatic N) is 1. The SMILES string of the molecule is Cc1cc(-c2cc(-c3ccc(Cl)c(Cl)c3)[nH]c(=O)c2C#N)c(C)s1. The van der Waals surface area contributed by atoms with E-state index in [9.17, 15) is 10.1 Å². The van der Waals surface area contributed by atoms with Crippen molar-refractivity contribution in [1.82, 2.24) is 4.98 Å². The van der Waals surface area contributed by atoms with Gasteiger partial charge in [-0.1, -0.05) is 29.3 Å². The van der Waals surface area contributed by atoms with Crippen molar-refractivity contribution in [3.63, 3.8) is 0 Å². The number of benzene rings is 1. The summed E-state index contributed by atoms with van der Waals surface area (Å²) >= 11 is 13.7. The zero-order valence-electron chi connectivity index (χ0n) is 12.9. The summed E-state index contributed by atoms with van der Waals surface area (Å²) < 4.78 is 0.